The van der Waals surface area contributed by atoms with E-state index in [0.29, 0.717) is 18.7 Å². The quantitative estimate of drug-likeness (QED) is 0.900. The molecule has 1 amide bonds. The van der Waals surface area contributed by atoms with Crippen LogP contribution in [-0.4, -0.2) is 47.1 Å². The molecule has 1 aliphatic rings. The lowest BCUT2D eigenvalue weighted by Gasteiger charge is -2.47. The number of ether oxygens (including phenoxy) is 1. The highest BCUT2D eigenvalue weighted by atomic mass is 16.5. The Morgan fingerprint density at radius 1 is 1.30 bits per heavy atom. The van der Waals surface area contributed by atoms with Gasteiger partial charge in [-0.05, 0) is 33.8 Å². The van der Waals surface area contributed by atoms with Gasteiger partial charge in [-0.25, -0.2) is 0 Å². The minimum Gasteiger partial charge on any atom is -0.386 e. The van der Waals surface area contributed by atoms with Crippen molar-refractivity contribution in [3.05, 3.63) is 24.0 Å². The molecule has 0 aromatic carbocycles. The molecule has 0 aliphatic carbocycles. The molecule has 0 spiro atoms. The normalized spacial score (nSPS) is 20.6. The molecule has 2 rings (SSSR count). The molecule has 0 atom stereocenters. The van der Waals surface area contributed by atoms with E-state index in [0.717, 1.165) is 5.69 Å². The van der Waals surface area contributed by atoms with Gasteiger partial charge in [-0.1, -0.05) is 0 Å². The second-order valence-corrected chi connectivity index (χ2v) is 6.45. The summed E-state index contributed by atoms with van der Waals surface area (Å²) in [4.78, 5) is 18.7. The zero-order valence-corrected chi connectivity index (χ0v) is 12.9. The fourth-order valence-corrected chi connectivity index (χ4v) is 2.88. The first-order valence-electron chi connectivity index (χ1n) is 6.85. The average molecular weight is 277 g/mol. The van der Waals surface area contributed by atoms with Crippen LogP contribution in [0, 0.1) is 0 Å². The van der Waals surface area contributed by atoms with Gasteiger partial charge in [-0.15, -0.1) is 0 Å². The summed E-state index contributed by atoms with van der Waals surface area (Å²) < 4.78 is 6.01. The Morgan fingerprint density at radius 3 is 2.45 bits per heavy atom. The highest BCUT2D eigenvalue weighted by Gasteiger charge is 2.40. The third-order valence-electron chi connectivity index (χ3n) is 3.30. The first-order chi connectivity index (χ1) is 9.24. The summed E-state index contributed by atoms with van der Waals surface area (Å²) in [6, 6.07) is 1.75. The van der Waals surface area contributed by atoms with Crippen LogP contribution in [0.2, 0.25) is 0 Å². The lowest BCUT2D eigenvalue weighted by Crippen LogP contribution is -2.58. The van der Waals surface area contributed by atoms with Crippen LogP contribution in [0.15, 0.2) is 18.5 Å². The summed E-state index contributed by atoms with van der Waals surface area (Å²) in [7, 11) is 1.79. The van der Waals surface area contributed by atoms with Gasteiger partial charge in [0, 0.05) is 26.3 Å². The third-order valence-corrected chi connectivity index (χ3v) is 3.30. The van der Waals surface area contributed by atoms with E-state index in [2.05, 4.69) is 10.3 Å². The molecule has 1 aromatic heterocycles. The number of carbonyl (C=O) groups is 1. The minimum atomic E-state index is -0.343. The number of hydrogen-bond acceptors (Lipinski definition) is 4. The van der Waals surface area contributed by atoms with Gasteiger partial charge in [0.2, 0.25) is 0 Å². The number of aromatic nitrogens is 1. The maximum Gasteiger partial charge on any atom is 0.256 e. The van der Waals surface area contributed by atoms with Crippen LogP contribution < -0.4 is 5.32 Å². The van der Waals surface area contributed by atoms with Crippen molar-refractivity contribution in [2.45, 2.75) is 38.9 Å². The van der Waals surface area contributed by atoms with Crippen molar-refractivity contribution in [1.29, 1.82) is 0 Å². The number of nitrogens with zero attached hydrogens (tertiary/aromatic N) is 2. The van der Waals surface area contributed by atoms with Gasteiger partial charge in [-0.3, -0.25) is 9.78 Å². The molecule has 1 aliphatic heterocycles. The van der Waals surface area contributed by atoms with Crippen molar-refractivity contribution < 1.29 is 9.53 Å². The van der Waals surface area contributed by atoms with Crippen LogP contribution in [0.1, 0.15) is 38.1 Å². The fourth-order valence-electron chi connectivity index (χ4n) is 2.88. The van der Waals surface area contributed by atoms with Crippen molar-refractivity contribution in [3.63, 3.8) is 0 Å². The maximum absolute atomic E-state index is 12.8. The van der Waals surface area contributed by atoms with E-state index in [9.17, 15) is 4.79 Å². The number of morpholine rings is 1. The molecule has 110 valence electrons. The Morgan fingerprint density at radius 2 is 1.90 bits per heavy atom. The van der Waals surface area contributed by atoms with Crippen LogP contribution in [0.3, 0.4) is 0 Å². The molecule has 1 N–H and O–H groups in total. The standard InChI is InChI=1S/C15H23N3O2/c1-14(2)9-18(10-15(3,4)20-14)13(19)11-6-7-17-8-12(11)16-5/h6-8,16H,9-10H2,1-5H3. The average Bonchev–Trinajstić information content (AvgIpc) is 2.34. The van der Waals surface area contributed by atoms with E-state index in [-0.39, 0.29) is 17.1 Å². The van der Waals surface area contributed by atoms with Gasteiger partial charge < -0.3 is 15.0 Å². The van der Waals surface area contributed by atoms with Gasteiger partial charge in [0.05, 0.1) is 28.6 Å². The number of pyridine rings is 1. The zero-order chi connectivity index (χ0) is 15.0. The molecule has 1 aromatic rings. The van der Waals surface area contributed by atoms with E-state index in [1.165, 1.54) is 0 Å². The number of hydrogen-bond donors (Lipinski definition) is 1. The molecule has 5 nitrogen and oxygen atoms in total. The Labute approximate surface area is 120 Å². The van der Waals surface area contributed by atoms with Crippen LogP contribution in [0.4, 0.5) is 5.69 Å². The van der Waals surface area contributed by atoms with Crippen molar-refractivity contribution in [2.75, 3.05) is 25.5 Å². The summed E-state index contributed by atoms with van der Waals surface area (Å²) in [5.74, 6) is 0.0150. The summed E-state index contributed by atoms with van der Waals surface area (Å²) in [5.41, 5.74) is 0.713. The van der Waals surface area contributed by atoms with E-state index in [1.54, 1.807) is 25.5 Å². The van der Waals surface area contributed by atoms with Crippen LogP contribution in [0.25, 0.3) is 0 Å². The molecule has 1 fully saturated rings. The molecular weight excluding hydrogens is 254 g/mol. The van der Waals surface area contributed by atoms with Crippen molar-refractivity contribution in [3.8, 4) is 0 Å². The Balaban J connectivity index is 2.28. The molecule has 5 heteroatoms. The Bertz CT molecular complexity index is 496. The number of anilines is 1. The smallest absolute Gasteiger partial charge is 0.256 e. The first-order valence-corrected chi connectivity index (χ1v) is 6.85. The molecule has 0 unspecified atom stereocenters. The highest BCUT2D eigenvalue weighted by Crippen LogP contribution is 2.29. The maximum atomic E-state index is 12.8. The summed E-state index contributed by atoms with van der Waals surface area (Å²) in [6.45, 7) is 9.22. The highest BCUT2D eigenvalue weighted by molar-refractivity contribution is 5.99. The van der Waals surface area contributed by atoms with E-state index in [4.69, 9.17) is 4.74 Å². The van der Waals surface area contributed by atoms with E-state index < -0.39 is 0 Å². The molecular formula is C15H23N3O2. The first kappa shape index (κ1) is 14.8. The van der Waals surface area contributed by atoms with Gasteiger partial charge in [0.25, 0.3) is 5.91 Å². The lowest BCUT2D eigenvalue weighted by atomic mass is 9.98. The van der Waals surface area contributed by atoms with Crippen molar-refractivity contribution in [1.82, 2.24) is 9.88 Å². The fraction of sp³-hybridized carbons (Fsp3) is 0.600. The third kappa shape index (κ3) is 3.10. The van der Waals surface area contributed by atoms with Gasteiger partial charge in [0.15, 0.2) is 0 Å². The van der Waals surface area contributed by atoms with Gasteiger partial charge in [-0.2, -0.15) is 0 Å². The number of rotatable bonds is 2. The molecule has 20 heavy (non-hydrogen) atoms. The molecule has 0 bridgehead atoms. The van der Waals surface area contributed by atoms with E-state index >= 15 is 0 Å². The predicted molar refractivity (Wildman–Crippen MR) is 78.9 cm³/mol. The van der Waals surface area contributed by atoms with Crippen molar-refractivity contribution >= 4 is 11.6 Å². The second kappa shape index (κ2) is 5.05. The van der Waals surface area contributed by atoms with Gasteiger partial charge in [0.1, 0.15) is 0 Å². The molecule has 0 saturated carbocycles. The van der Waals surface area contributed by atoms with Crippen LogP contribution >= 0.6 is 0 Å². The number of amides is 1. The van der Waals surface area contributed by atoms with Gasteiger partial charge >= 0.3 is 0 Å². The van der Waals surface area contributed by atoms with Crippen molar-refractivity contribution in [2.24, 2.45) is 0 Å². The van der Waals surface area contributed by atoms with E-state index in [1.807, 2.05) is 32.6 Å². The molecule has 2 heterocycles. The summed E-state index contributed by atoms with van der Waals surface area (Å²) in [6.07, 6.45) is 3.31. The molecule has 1 saturated heterocycles. The molecule has 0 radical (unpaired) electrons. The predicted octanol–water partition coefficient (Wildman–Crippen LogP) is 2.15. The summed E-state index contributed by atoms with van der Waals surface area (Å²) >= 11 is 0. The summed E-state index contributed by atoms with van der Waals surface area (Å²) in [5, 5.41) is 3.02. The lowest BCUT2D eigenvalue weighted by molar-refractivity contribution is -0.171. The minimum absolute atomic E-state index is 0.0150. The number of nitrogens with one attached hydrogen (secondary N) is 1. The Kier molecular flexibility index (Phi) is 3.73. The zero-order valence-electron chi connectivity index (χ0n) is 12.9. The SMILES string of the molecule is CNc1cnccc1C(=O)N1CC(C)(C)OC(C)(C)C1. The number of carbonyl (C=O) groups excluding carboxylic acids is 1. The largest absolute Gasteiger partial charge is 0.386 e. The van der Waals surface area contributed by atoms with Crippen LogP contribution in [0.5, 0.6) is 0 Å². The monoisotopic (exact) mass is 277 g/mol. The van der Waals surface area contributed by atoms with Crippen LogP contribution in [-0.2, 0) is 4.74 Å². The topological polar surface area (TPSA) is 54.5 Å². The second-order valence-electron chi connectivity index (χ2n) is 6.45. The Hall–Kier alpha value is -1.62.